The molecule has 1 fully saturated rings. The summed E-state index contributed by atoms with van der Waals surface area (Å²) in [6.07, 6.45) is 7.82. The minimum atomic E-state index is -4.72. The Kier molecular flexibility index (Phi) is 23.9. The van der Waals surface area contributed by atoms with Gasteiger partial charge in [0, 0.05) is 22.1 Å². The largest absolute Gasteiger partial charge is 0.463 e. The zero-order valence-electron chi connectivity index (χ0n) is 30.9. The number of benzene rings is 1. The van der Waals surface area contributed by atoms with Crippen molar-refractivity contribution in [1.29, 1.82) is 0 Å². The zero-order valence-corrected chi connectivity index (χ0v) is 33.8. The lowest BCUT2D eigenvalue weighted by Crippen LogP contribution is -2.61. The third-order valence-corrected chi connectivity index (χ3v) is 10.3. The smallest absolute Gasteiger partial charge is 0.308 e. The molecule has 0 radical (unpaired) electrons. The fourth-order valence-electron chi connectivity index (χ4n) is 5.88. The van der Waals surface area contributed by atoms with Gasteiger partial charge in [-0.05, 0) is 53.3 Å². The summed E-state index contributed by atoms with van der Waals surface area (Å²) >= 11 is 2.09. The number of amides is 1. The second kappa shape index (κ2) is 26.8. The predicted octanol–water partition coefficient (Wildman–Crippen LogP) is 4.84. The number of unbranched alkanes of at least 4 members (excludes halogenated alkanes) is 14. The van der Waals surface area contributed by atoms with E-state index in [1.807, 2.05) is 0 Å². The van der Waals surface area contributed by atoms with Gasteiger partial charge in [0.1, 0.15) is 36.8 Å². The number of carbonyl (C=O) groups excluding carboxylic acids is 3. The van der Waals surface area contributed by atoms with E-state index in [9.17, 15) is 42.7 Å². The van der Waals surface area contributed by atoms with E-state index in [1.165, 1.54) is 70.6 Å². The van der Waals surface area contributed by atoms with Crippen LogP contribution < -0.4 is 5.32 Å². The molecule has 1 saturated heterocycles. The minimum Gasteiger partial charge on any atom is -0.463 e. The maximum Gasteiger partial charge on any atom is 0.308 e. The van der Waals surface area contributed by atoms with Gasteiger partial charge in [-0.25, -0.2) is 0 Å². The Balaban J connectivity index is 1.64. The molecule has 5 N–H and O–H groups in total. The van der Waals surface area contributed by atoms with Crippen molar-refractivity contribution < 1.29 is 61.6 Å². The number of aliphatic hydroxyl groups is 3. The molecule has 0 saturated carbocycles. The summed E-state index contributed by atoms with van der Waals surface area (Å²) in [6, 6.07) is 6.70. The Bertz CT molecular complexity index is 1300. The summed E-state index contributed by atoms with van der Waals surface area (Å²) in [5, 5.41) is 34.1. The standard InChI is InChI=1S/C37H60INO13S/c1-2-3-4-5-6-7-8-9-10-11-12-13-14-15-16-17-31(41)49-24-29(40)25-50-37-34(44)33(43)35(30(51-37)26-53(46,47)48)52-32(42)22-23-39-36(45)27-18-20-28(38)21-19-27/h18-21,29-30,33-35,37,40,43-44H,2-17,22-26H2,1H3,(H,39,45)(H,46,47,48)/t29?,30-,33-,34-,35-,37-/m1/s1. The first kappa shape index (κ1) is 47.2. The van der Waals surface area contributed by atoms with E-state index in [4.69, 9.17) is 18.9 Å². The fraction of sp³-hybridized carbons (Fsp3) is 0.757. The number of esters is 2. The Hall–Kier alpha value is -1.93. The number of carbonyl (C=O) groups is 3. The van der Waals surface area contributed by atoms with Crippen LogP contribution in [0.25, 0.3) is 0 Å². The van der Waals surface area contributed by atoms with Crippen LogP contribution in [0.1, 0.15) is 126 Å². The number of ether oxygens (including phenoxy) is 4. The van der Waals surface area contributed by atoms with Crippen molar-refractivity contribution in [2.45, 2.75) is 153 Å². The third kappa shape index (κ3) is 21.1. The molecular weight excluding hydrogens is 825 g/mol. The van der Waals surface area contributed by atoms with Gasteiger partial charge in [0.15, 0.2) is 12.4 Å². The Morgan fingerprint density at radius 2 is 1.36 bits per heavy atom. The number of rotatable bonds is 28. The summed E-state index contributed by atoms with van der Waals surface area (Å²) in [5.74, 6) is -2.98. The van der Waals surface area contributed by atoms with Gasteiger partial charge in [0.25, 0.3) is 16.0 Å². The van der Waals surface area contributed by atoms with Gasteiger partial charge in [0.05, 0.1) is 13.0 Å². The monoisotopic (exact) mass is 885 g/mol. The lowest BCUT2D eigenvalue weighted by atomic mass is 9.99. The lowest BCUT2D eigenvalue weighted by Gasteiger charge is -2.41. The molecule has 1 unspecified atom stereocenters. The summed E-state index contributed by atoms with van der Waals surface area (Å²) in [4.78, 5) is 36.9. The summed E-state index contributed by atoms with van der Waals surface area (Å²) in [5.41, 5.74) is 0.371. The van der Waals surface area contributed by atoms with Crippen LogP contribution in [0.3, 0.4) is 0 Å². The highest BCUT2D eigenvalue weighted by Gasteiger charge is 2.48. The molecule has 14 nitrogen and oxygen atoms in total. The van der Waals surface area contributed by atoms with E-state index in [0.29, 0.717) is 12.0 Å². The summed E-state index contributed by atoms with van der Waals surface area (Å²) in [6.45, 7) is 1.16. The lowest BCUT2D eigenvalue weighted by molar-refractivity contribution is -0.299. The molecule has 16 heteroatoms. The Morgan fingerprint density at radius 3 is 1.91 bits per heavy atom. The highest BCUT2D eigenvalue weighted by Crippen LogP contribution is 2.26. The molecule has 6 atom stereocenters. The second-order valence-electron chi connectivity index (χ2n) is 13.6. The van der Waals surface area contributed by atoms with E-state index < -0.39 is 83.7 Å². The fourth-order valence-corrected chi connectivity index (χ4v) is 6.92. The molecule has 0 spiro atoms. The molecule has 1 heterocycles. The Labute approximate surface area is 328 Å². The highest BCUT2D eigenvalue weighted by molar-refractivity contribution is 14.1. The average Bonchev–Trinajstić information content (AvgIpc) is 3.11. The highest BCUT2D eigenvalue weighted by atomic mass is 127. The normalized spacial score (nSPS) is 20.8. The van der Waals surface area contributed by atoms with Crippen molar-refractivity contribution in [2.24, 2.45) is 0 Å². The maximum atomic E-state index is 12.5. The van der Waals surface area contributed by atoms with Gasteiger partial charge >= 0.3 is 11.9 Å². The van der Waals surface area contributed by atoms with E-state index in [-0.39, 0.29) is 19.4 Å². The number of hydrogen-bond acceptors (Lipinski definition) is 12. The molecule has 1 aromatic carbocycles. The third-order valence-electron chi connectivity index (χ3n) is 8.88. The molecule has 0 aromatic heterocycles. The molecule has 1 aliphatic heterocycles. The minimum absolute atomic E-state index is 0.146. The van der Waals surface area contributed by atoms with Crippen molar-refractivity contribution in [3.8, 4) is 0 Å². The first-order chi connectivity index (χ1) is 25.3. The molecule has 1 amide bonds. The van der Waals surface area contributed by atoms with Gasteiger partial charge in [0.2, 0.25) is 0 Å². The SMILES string of the molecule is CCCCCCCCCCCCCCCCCC(=O)OCC(O)CO[C@@H]1O[C@H](CS(=O)(=O)O)[C@@H](OC(=O)CCNC(=O)c2ccc(I)cc2)[C@H](O)[C@H]1O. The molecule has 53 heavy (non-hydrogen) atoms. The molecule has 304 valence electrons. The van der Waals surface area contributed by atoms with Crippen molar-refractivity contribution in [2.75, 3.05) is 25.5 Å². The van der Waals surface area contributed by atoms with Gasteiger partial charge in [-0.3, -0.25) is 18.9 Å². The van der Waals surface area contributed by atoms with Crippen LogP contribution in [-0.2, 0) is 38.7 Å². The Morgan fingerprint density at radius 1 is 0.811 bits per heavy atom. The molecular formula is C37H60INO13S. The molecule has 0 bridgehead atoms. The zero-order chi connectivity index (χ0) is 39.1. The molecule has 0 aliphatic carbocycles. The van der Waals surface area contributed by atoms with Crippen molar-refractivity contribution in [3.63, 3.8) is 0 Å². The second-order valence-corrected chi connectivity index (χ2v) is 16.4. The van der Waals surface area contributed by atoms with Crippen LogP contribution in [0.5, 0.6) is 0 Å². The number of halogens is 1. The van der Waals surface area contributed by atoms with Crippen LogP contribution in [0, 0.1) is 3.57 Å². The first-order valence-electron chi connectivity index (χ1n) is 19.0. The van der Waals surface area contributed by atoms with Gasteiger partial charge in [-0.2, -0.15) is 8.42 Å². The van der Waals surface area contributed by atoms with Crippen LogP contribution >= 0.6 is 22.6 Å². The molecule has 1 aliphatic rings. The number of nitrogens with one attached hydrogen (secondary N) is 1. The van der Waals surface area contributed by atoms with Gasteiger partial charge in [-0.15, -0.1) is 0 Å². The van der Waals surface area contributed by atoms with Crippen LogP contribution in [0.15, 0.2) is 24.3 Å². The molecule has 2 rings (SSSR count). The van der Waals surface area contributed by atoms with Crippen LogP contribution in [0.4, 0.5) is 0 Å². The van der Waals surface area contributed by atoms with Crippen LogP contribution in [0.2, 0.25) is 0 Å². The first-order valence-corrected chi connectivity index (χ1v) is 21.6. The van der Waals surface area contributed by atoms with Crippen molar-refractivity contribution in [1.82, 2.24) is 5.32 Å². The topological polar surface area (TPSA) is 215 Å². The summed E-state index contributed by atoms with van der Waals surface area (Å²) < 4.78 is 54.9. The van der Waals surface area contributed by atoms with Crippen molar-refractivity contribution in [3.05, 3.63) is 33.4 Å². The predicted molar refractivity (Wildman–Crippen MR) is 206 cm³/mol. The van der Waals surface area contributed by atoms with E-state index >= 15 is 0 Å². The quantitative estimate of drug-likeness (QED) is 0.0330. The number of aliphatic hydroxyl groups excluding tert-OH is 3. The van der Waals surface area contributed by atoms with Crippen molar-refractivity contribution >= 4 is 50.6 Å². The van der Waals surface area contributed by atoms with Crippen LogP contribution in [-0.4, -0.2) is 108 Å². The number of hydrogen-bond donors (Lipinski definition) is 5. The van der Waals surface area contributed by atoms with E-state index in [0.717, 1.165) is 22.8 Å². The van der Waals surface area contributed by atoms with Gasteiger partial charge < -0.3 is 39.6 Å². The average molecular weight is 886 g/mol. The van der Waals surface area contributed by atoms with E-state index in [1.54, 1.807) is 24.3 Å². The maximum absolute atomic E-state index is 12.5. The van der Waals surface area contributed by atoms with E-state index in [2.05, 4.69) is 34.8 Å². The molecule has 1 aromatic rings. The summed E-state index contributed by atoms with van der Waals surface area (Å²) in [7, 11) is -4.72. The van der Waals surface area contributed by atoms with Gasteiger partial charge in [-0.1, -0.05) is 96.8 Å².